The van der Waals surface area contributed by atoms with Crippen LogP contribution in [0.5, 0.6) is 0 Å². The van der Waals surface area contributed by atoms with Crippen LogP contribution in [0.4, 0.5) is 0 Å². The Balaban J connectivity index is 2.02. The van der Waals surface area contributed by atoms with Crippen LogP contribution >= 0.6 is 11.8 Å². The normalized spacial score (nSPS) is 19.8. The van der Waals surface area contributed by atoms with E-state index in [4.69, 9.17) is 5.73 Å². The van der Waals surface area contributed by atoms with E-state index in [2.05, 4.69) is 35.2 Å². The summed E-state index contributed by atoms with van der Waals surface area (Å²) in [5.74, 6) is 3.89. The number of thioether (sulfide) groups is 1. The maximum absolute atomic E-state index is 6.22. The van der Waals surface area contributed by atoms with Crippen molar-refractivity contribution in [3.05, 3.63) is 18.2 Å². The largest absolute Gasteiger partial charge is 0.333 e. The summed E-state index contributed by atoms with van der Waals surface area (Å²) >= 11 is 2.08. The van der Waals surface area contributed by atoms with Crippen LogP contribution in [0.25, 0.3) is 0 Å². The molecule has 1 atom stereocenters. The van der Waals surface area contributed by atoms with Gasteiger partial charge in [-0.15, -0.1) is 0 Å². The molecule has 17 heavy (non-hydrogen) atoms. The minimum Gasteiger partial charge on any atom is -0.333 e. The number of hydrogen-bond acceptors (Lipinski definition) is 3. The zero-order valence-electron chi connectivity index (χ0n) is 10.8. The fourth-order valence-electron chi connectivity index (χ4n) is 2.31. The van der Waals surface area contributed by atoms with Gasteiger partial charge in [-0.25, -0.2) is 4.98 Å². The van der Waals surface area contributed by atoms with Crippen LogP contribution in [-0.2, 0) is 6.54 Å². The van der Waals surface area contributed by atoms with Crippen LogP contribution in [0, 0.1) is 11.8 Å². The average Bonchev–Trinajstić information content (AvgIpc) is 2.77. The first kappa shape index (κ1) is 13.0. The first-order valence-corrected chi connectivity index (χ1v) is 7.67. The van der Waals surface area contributed by atoms with E-state index < -0.39 is 0 Å². The van der Waals surface area contributed by atoms with Crippen molar-refractivity contribution in [1.82, 2.24) is 9.55 Å². The number of aromatic nitrogens is 2. The number of nitrogens with two attached hydrogens (primary N) is 1. The maximum Gasteiger partial charge on any atom is 0.0948 e. The number of rotatable bonds is 4. The third kappa shape index (κ3) is 3.26. The molecule has 96 valence electrons. The molecule has 0 amide bonds. The molecule has 1 aliphatic heterocycles. The molecule has 0 aliphatic carbocycles. The van der Waals surface area contributed by atoms with E-state index in [1.54, 1.807) is 0 Å². The average molecular weight is 253 g/mol. The number of nitrogens with zero attached hydrogens (tertiary/aromatic N) is 2. The van der Waals surface area contributed by atoms with Gasteiger partial charge in [0.2, 0.25) is 0 Å². The molecule has 3 nitrogen and oxygen atoms in total. The van der Waals surface area contributed by atoms with Crippen LogP contribution in [-0.4, -0.2) is 21.1 Å². The van der Waals surface area contributed by atoms with E-state index in [1.807, 2.05) is 12.5 Å². The van der Waals surface area contributed by atoms with Crippen molar-refractivity contribution in [1.29, 1.82) is 0 Å². The smallest absolute Gasteiger partial charge is 0.0948 e. The highest BCUT2D eigenvalue weighted by Gasteiger charge is 2.19. The molecule has 1 saturated heterocycles. The molecule has 1 aromatic heterocycles. The van der Waals surface area contributed by atoms with Crippen molar-refractivity contribution in [2.45, 2.75) is 39.3 Å². The predicted molar refractivity (Wildman–Crippen MR) is 74.0 cm³/mol. The van der Waals surface area contributed by atoms with Crippen LogP contribution in [0.15, 0.2) is 12.5 Å². The summed E-state index contributed by atoms with van der Waals surface area (Å²) in [6.07, 6.45) is 6.54. The molecule has 0 aromatic carbocycles. The summed E-state index contributed by atoms with van der Waals surface area (Å²) < 4.78 is 2.27. The molecule has 2 rings (SSSR count). The highest BCUT2D eigenvalue weighted by Crippen LogP contribution is 2.26. The Bertz CT molecular complexity index is 342. The van der Waals surface area contributed by atoms with Crippen LogP contribution in [0.3, 0.4) is 0 Å². The van der Waals surface area contributed by atoms with E-state index >= 15 is 0 Å². The Morgan fingerprint density at radius 2 is 2.18 bits per heavy atom. The lowest BCUT2D eigenvalue weighted by Crippen LogP contribution is -2.23. The number of imidazole rings is 1. The summed E-state index contributed by atoms with van der Waals surface area (Å²) in [6.45, 7) is 5.43. The van der Waals surface area contributed by atoms with E-state index in [-0.39, 0.29) is 6.04 Å². The molecule has 1 aromatic rings. The molecule has 0 saturated carbocycles. The topological polar surface area (TPSA) is 43.8 Å². The van der Waals surface area contributed by atoms with Crippen molar-refractivity contribution in [2.75, 3.05) is 11.5 Å². The van der Waals surface area contributed by atoms with Gasteiger partial charge in [-0.1, -0.05) is 13.8 Å². The fraction of sp³-hybridized carbons (Fsp3) is 0.769. The number of hydrogen-bond donors (Lipinski definition) is 1. The standard InChI is InChI=1S/C13H23N3S/c1-10(2)13(14)12-7-15-9-16(12)8-11-3-5-17-6-4-11/h7,9-11,13H,3-6,8,14H2,1-2H3. The Morgan fingerprint density at radius 1 is 1.47 bits per heavy atom. The van der Waals surface area contributed by atoms with Crippen molar-refractivity contribution < 1.29 is 0 Å². The molecule has 4 heteroatoms. The lowest BCUT2D eigenvalue weighted by atomic mass is 10.0. The van der Waals surface area contributed by atoms with E-state index in [0.29, 0.717) is 5.92 Å². The maximum atomic E-state index is 6.22. The van der Waals surface area contributed by atoms with Gasteiger partial charge in [0.05, 0.1) is 12.0 Å². The van der Waals surface area contributed by atoms with E-state index in [9.17, 15) is 0 Å². The van der Waals surface area contributed by atoms with Crippen molar-refractivity contribution in [2.24, 2.45) is 17.6 Å². The summed E-state index contributed by atoms with van der Waals surface area (Å²) in [5, 5.41) is 0. The van der Waals surface area contributed by atoms with Gasteiger partial charge in [-0.05, 0) is 36.2 Å². The first-order valence-electron chi connectivity index (χ1n) is 6.52. The molecule has 0 bridgehead atoms. The molecule has 0 radical (unpaired) electrons. The van der Waals surface area contributed by atoms with E-state index in [1.165, 1.54) is 30.0 Å². The van der Waals surface area contributed by atoms with Gasteiger partial charge in [0, 0.05) is 18.8 Å². The predicted octanol–water partition coefficient (Wildman–Crippen LogP) is 2.68. The van der Waals surface area contributed by atoms with Gasteiger partial charge in [0.1, 0.15) is 0 Å². The molecule has 0 spiro atoms. The zero-order valence-corrected chi connectivity index (χ0v) is 11.6. The lowest BCUT2D eigenvalue weighted by Gasteiger charge is -2.24. The monoisotopic (exact) mass is 253 g/mol. The van der Waals surface area contributed by atoms with Gasteiger partial charge in [0.25, 0.3) is 0 Å². The van der Waals surface area contributed by atoms with Gasteiger partial charge >= 0.3 is 0 Å². The minimum atomic E-state index is 0.107. The quantitative estimate of drug-likeness (QED) is 0.897. The van der Waals surface area contributed by atoms with Crippen molar-refractivity contribution in [3.63, 3.8) is 0 Å². The van der Waals surface area contributed by atoms with Gasteiger partial charge in [-0.3, -0.25) is 0 Å². The summed E-state index contributed by atoms with van der Waals surface area (Å²) in [7, 11) is 0. The molecule has 1 fully saturated rings. The molecule has 1 unspecified atom stereocenters. The molecule has 2 N–H and O–H groups in total. The Hall–Kier alpha value is -0.480. The fourth-order valence-corrected chi connectivity index (χ4v) is 3.51. The second-order valence-corrected chi connectivity index (χ2v) is 6.52. The van der Waals surface area contributed by atoms with Gasteiger partial charge in [0.15, 0.2) is 0 Å². The Kier molecular flexibility index (Phi) is 4.51. The van der Waals surface area contributed by atoms with Crippen molar-refractivity contribution >= 4 is 11.8 Å². The lowest BCUT2D eigenvalue weighted by molar-refractivity contribution is 0.392. The summed E-state index contributed by atoms with van der Waals surface area (Å²) in [5.41, 5.74) is 7.42. The van der Waals surface area contributed by atoms with E-state index in [0.717, 1.165) is 12.5 Å². The highest BCUT2D eigenvalue weighted by atomic mass is 32.2. The van der Waals surface area contributed by atoms with Crippen LogP contribution in [0.1, 0.15) is 38.4 Å². The van der Waals surface area contributed by atoms with Crippen LogP contribution in [0.2, 0.25) is 0 Å². The third-order valence-corrected chi connectivity index (χ3v) is 4.65. The minimum absolute atomic E-state index is 0.107. The van der Waals surface area contributed by atoms with Crippen molar-refractivity contribution in [3.8, 4) is 0 Å². The SMILES string of the molecule is CC(C)C(N)c1cncn1CC1CCSCC1. The first-order chi connectivity index (χ1) is 8.18. The zero-order chi connectivity index (χ0) is 12.3. The Morgan fingerprint density at radius 3 is 2.82 bits per heavy atom. The molecule has 1 aliphatic rings. The molecular weight excluding hydrogens is 230 g/mol. The third-order valence-electron chi connectivity index (χ3n) is 3.60. The second kappa shape index (κ2) is 5.91. The second-order valence-electron chi connectivity index (χ2n) is 5.30. The molecule has 2 heterocycles. The van der Waals surface area contributed by atoms with Gasteiger partial charge in [-0.2, -0.15) is 11.8 Å². The van der Waals surface area contributed by atoms with Gasteiger partial charge < -0.3 is 10.3 Å². The van der Waals surface area contributed by atoms with Crippen LogP contribution < -0.4 is 5.73 Å². The molecular formula is C13H23N3S. The Labute approximate surface area is 108 Å². The highest BCUT2D eigenvalue weighted by molar-refractivity contribution is 7.99. The summed E-state index contributed by atoms with van der Waals surface area (Å²) in [4.78, 5) is 4.27. The summed E-state index contributed by atoms with van der Waals surface area (Å²) in [6, 6.07) is 0.107.